The first-order chi connectivity index (χ1) is 8.97. The quantitative estimate of drug-likeness (QED) is 0.676. The highest BCUT2D eigenvalue weighted by Crippen LogP contribution is 2.18. The molecule has 2 aromatic rings. The largest absolute Gasteiger partial charge is 0.399 e. The number of benzene rings is 2. The normalized spacial score (nSPS) is 10.5. The third kappa shape index (κ3) is 2.99. The molecule has 0 aromatic heterocycles. The number of hydrogen-bond acceptors (Lipinski definition) is 2. The van der Waals surface area contributed by atoms with E-state index in [1.165, 1.54) is 6.07 Å². The summed E-state index contributed by atoms with van der Waals surface area (Å²) in [6.07, 6.45) is 0.159. The molecule has 3 heteroatoms. The van der Waals surface area contributed by atoms with Crippen molar-refractivity contribution in [3.63, 3.8) is 0 Å². The summed E-state index contributed by atoms with van der Waals surface area (Å²) in [6, 6.07) is 10.3. The summed E-state index contributed by atoms with van der Waals surface area (Å²) in [6.45, 7) is 3.56. The zero-order valence-corrected chi connectivity index (χ0v) is 11.0. The molecule has 2 aromatic carbocycles. The number of hydrogen-bond donors (Lipinski definition) is 1. The van der Waals surface area contributed by atoms with Crippen LogP contribution in [0.15, 0.2) is 36.4 Å². The average Bonchev–Trinajstić information content (AvgIpc) is 2.27. The van der Waals surface area contributed by atoms with Crippen molar-refractivity contribution >= 4 is 11.5 Å². The van der Waals surface area contributed by atoms with Gasteiger partial charge in [-0.25, -0.2) is 4.39 Å². The SMILES string of the molecule is Cc1cc(C)c(C(=O)Cc2cccc(N)c2)c(F)c1. The molecule has 0 spiro atoms. The average molecular weight is 257 g/mol. The second kappa shape index (κ2) is 5.22. The van der Waals surface area contributed by atoms with Gasteiger partial charge in [-0.3, -0.25) is 4.79 Å². The number of halogens is 1. The molecule has 0 radical (unpaired) electrons. The number of nitrogens with two attached hydrogens (primary N) is 1. The van der Waals surface area contributed by atoms with E-state index in [0.29, 0.717) is 11.3 Å². The zero-order chi connectivity index (χ0) is 14.0. The molecule has 0 amide bonds. The van der Waals surface area contributed by atoms with Gasteiger partial charge in [0.05, 0.1) is 5.56 Å². The molecule has 2 nitrogen and oxygen atoms in total. The lowest BCUT2D eigenvalue weighted by Gasteiger charge is -2.08. The van der Waals surface area contributed by atoms with Crippen LogP contribution in [0.1, 0.15) is 27.0 Å². The highest BCUT2D eigenvalue weighted by atomic mass is 19.1. The Kier molecular flexibility index (Phi) is 3.65. The number of Topliss-reactive ketones (excluding diaryl/α,β-unsaturated/α-hetero) is 1. The summed E-state index contributed by atoms with van der Waals surface area (Å²) in [5, 5.41) is 0. The van der Waals surface area contributed by atoms with Gasteiger partial charge in [0.1, 0.15) is 5.82 Å². The molecular formula is C16H16FNO. The van der Waals surface area contributed by atoms with Crippen LogP contribution in [0.4, 0.5) is 10.1 Å². The standard InChI is InChI=1S/C16H16FNO/c1-10-6-11(2)16(14(17)7-10)15(19)9-12-4-3-5-13(18)8-12/h3-8H,9,18H2,1-2H3. The van der Waals surface area contributed by atoms with E-state index in [1.807, 2.05) is 19.1 Å². The Balaban J connectivity index is 2.31. The van der Waals surface area contributed by atoms with E-state index in [9.17, 15) is 9.18 Å². The van der Waals surface area contributed by atoms with Crippen LogP contribution in [-0.2, 0) is 6.42 Å². The fourth-order valence-corrected chi connectivity index (χ4v) is 2.25. The van der Waals surface area contributed by atoms with E-state index in [4.69, 9.17) is 5.73 Å². The van der Waals surface area contributed by atoms with Crippen LogP contribution in [0, 0.1) is 19.7 Å². The van der Waals surface area contributed by atoms with Crippen molar-refractivity contribution in [3.8, 4) is 0 Å². The smallest absolute Gasteiger partial charge is 0.170 e. The van der Waals surface area contributed by atoms with Gasteiger partial charge in [-0.2, -0.15) is 0 Å². The molecule has 2 N–H and O–H groups in total. The Morgan fingerprint density at radius 2 is 1.95 bits per heavy atom. The van der Waals surface area contributed by atoms with Crippen LogP contribution in [0.2, 0.25) is 0 Å². The molecule has 98 valence electrons. The Morgan fingerprint density at radius 3 is 2.58 bits per heavy atom. The predicted molar refractivity (Wildman–Crippen MR) is 74.8 cm³/mol. The maximum atomic E-state index is 13.9. The molecule has 2 rings (SSSR count). The number of aryl methyl sites for hydroxylation is 2. The summed E-state index contributed by atoms with van der Waals surface area (Å²) >= 11 is 0. The number of nitrogen functional groups attached to an aromatic ring is 1. The van der Waals surface area contributed by atoms with Crippen molar-refractivity contribution in [1.29, 1.82) is 0 Å². The van der Waals surface area contributed by atoms with Gasteiger partial charge in [0.2, 0.25) is 0 Å². The van der Waals surface area contributed by atoms with Crippen molar-refractivity contribution in [3.05, 3.63) is 64.5 Å². The van der Waals surface area contributed by atoms with Crippen LogP contribution in [0.5, 0.6) is 0 Å². The summed E-state index contributed by atoms with van der Waals surface area (Å²) in [5.74, 6) is -0.674. The van der Waals surface area contributed by atoms with E-state index < -0.39 is 5.82 Å². The maximum absolute atomic E-state index is 13.9. The van der Waals surface area contributed by atoms with Crippen LogP contribution in [-0.4, -0.2) is 5.78 Å². The maximum Gasteiger partial charge on any atom is 0.170 e. The van der Waals surface area contributed by atoms with Crippen molar-refractivity contribution in [2.24, 2.45) is 0 Å². The minimum atomic E-state index is -0.452. The fourth-order valence-electron chi connectivity index (χ4n) is 2.25. The van der Waals surface area contributed by atoms with E-state index in [2.05, 4.69) is 0 Å². The second-order valence-corrected chi connectivity index (χ2v) is 4.78. The van der Waals surface area contributed by atoms with Gasteiger partial charge in [-0.15, -0.1) is 0 Å². The molecule has 19 heavy (non-hydrogen) atoms. The highest BCUT2D eigenvalue weighted by Gasteiger charge is 2.15. The number of anilines is 1. The molecule has 0 aliphatic heterocycles. The third-order valence-electron chi connectivity index (χ3n) is 3.03. The third-order valence-corrected chi connectivity index (χ3v) is 3.03. The second-order valence-electron chi connectivity index (χ2n) is 4.78. The molecule has 0 bridgehead atoms. The van der Waals surface area contributed by atoms with Crippen molar-refractivity contribution < 1.29 is 9.18 Å². The van der Waals surface area contributed by atoms with Gasteiger partial charge in [-0.1, -0.05) is 18.2 Å². The first-order valence-corrected chi connectivity index (χ1v) is 6.11. The molecule has 0 unspecified atom stereocenters. The first-order valence-electron chi connectivity index (χ1n) is 6.11. The molecule has 0 atom stereocenters. The summed E-state index contributed by atoms with van der Waals surface area (Å²) in [7, 11) is 0. The first kappa shape index (κ1) is 13.3. The van der Waals surface area contributed by atoms with Crippen LogP contribution < -0.4 is 5.73 Å². The predicted octanol–water partition coefficient (Wildman–Crippen LogP) is 3.45. The van der Waals surface area contributed by atoms with Gasteiger partial charge in [0, 0.05) is 12.1 Å². The minimum absolute atomic E-state index is 0.159. The van der Waals surface area contributed by atoms with Gasteiger partial charge < -0.3 is 5.73 Å². The molecule has 0 saturated carbocycles. The Bertz CT molecular complexity index is 611. The molecular weight excluding hydrogens is 241 g/mol. The van der Waals surface area contributed by atoms with E-state index >= 15 is 0 Å². The molecule has 0 aliphatic rings. The molecule has 0 fully saturated rings. The lowest BCUT2D eigenvalue weighted by Crippen LogP contribution is -2.09. The lowest BCUT2D eigenvalue weighted by molar-refractivity contribution is 0.0988. The van der Waals surface area contributed by atoms with E-state index in [-0.39, 0.29) is 17.8 Å². The van der Waals surface area contributed by atoms with Crippen LogP contribution in [0.3, 0.4) is 0 Å². The fraction of sp³-hybridized carbons (Fsp3) is 0.188. The molecule has 0 heterocycles. The van der Waals surface area contributed by atoms with E-state index in [0.717, 1.165) is 11.1 Å². The van der Waals surface area contributed by atoms with Crippen LogP contribution in [0.25, 0.3) is 0 Å². The Hall–Kier alpha value is -2.16. The molecule has 0 aliphatic carbocycles. The monoisotopic (exact) mass is 257 g/mol. The Morgan fingerprint density at radius 1 is 1.21 bits per heavy atom. The van der Waals surface area contributed by atoms with Gasteiger partial charge in [-0.05, 0) is 48.7 Å². The molecule has 0 saturated heterocycles. The number of ketones is 1. The zero-order valence-electron chi connectivity index (χ0n) is 11.0. The minimum Gasteiger partial charge on any atom is -0.399 e. The van der Waals surface area contributed by atoms with Gasteiger partial charge >= 0.3 is 0 Å². The summed E-state index contributed by atoms with van der Waals surface area (Å²) in [4.78, 5) is 12.2. The van der Waals surface area contributed by atoms with Crippen molar-refractivity contribution in [2.45, 2.75) is 20.3 Å². The van der Waals surface area contributed by atoms with Gasteiger partial charge in [0.25, 0.3) is 0 Å². The number of carbonyl (C=O) groups is 1. The lowest BCUT2D eigenvalue weighted by atomic mass is 9.97. The number of rotatable bonds is 3. The van der Waals surface area contributed by atoms with Crippen molar-refractivity contribution in [2.75, 3.05) is 5.73 Å². The van der Waals surface area contributed by atoms with E-state index in [1.54, 1.807) is 25.1 Å². The van der Waals surface area contributed by atoms with Gasteiger partial charge in [0.15, 0.2) is 5.78 Å². The summed E-state index contributed by atoms with van der Waals surface area (Å²) in [5.41, 5.74) is 8.73. The summed E-state index contributed by atoms with van der Waals surface area (Å²) < 4.78 is 13.9. The Labute approximate surface area is 112 Å². The topological polar surface area (TPSA) is 43.1 Å². The van der Waals surface area contributed by atoms with Crippen LogP contribution >= 0.6 is 0 Å². The highest BCUT2D eigenvalue weighted by molar-refractivity contribution is 5.99. The van der Waals surface area contributed by atoms with Crippen molar-refractivity contribution in [1.82, 2.24) is 0 Å². The number of carbonyl (C=O) groups excluding carboxylic acids is 1.